The van der Waals surface area contributed by atoms with E-state index in [1.807, 2.05) is 91.0 Å². The number of para-hydroxylation sites is 2. The molecular formula is C84H74N22O9S. The molecule has 32 heteroatoms. The summed E-state index contributed by atoms with van der Waals surface area (Å²) in [5, 5.41) is 0.510. The van der Waals surface area contributed by atoms with Crippen molar-refractivity contribution in [2.45, 2.75) is 49.8 Å². The van der Waals surface area contributed by atoms with Crippen molar-refractivity contribution in [3.05, 3.63) is 269 Å². The molecule has 8 heterocycles. The van der Waals surface area contributed by atoms with Gasteiger partial charge in [-0.1, -0.05) is 72.7 Å². The van der Waals surface area contributed by atoms with Gasteiger partial charge in [0.2, 0.25) is 27.8 Å². The third-order valence-electron chi connectivity index (χ3n) is 20.3. The minimum Gasteiger partial charge on any atom is -0.457 e. The number of rotatable bonds is 20. The summed E-state index contributed by atoms with van der Waals surface area (Å²) in [6.45, 7) is 0.727. The number of hydrogen-bond acceptors (Lipinski definition) is 22. The number of carbonyl (C=O) groups excluding carboxylic acids is 2. The number of nitrogens with zero attached hydrogens (tertiary/aromatic N) is 19. The maximum Gasteiger partial charge on any atom is 0.342 e. The molecule has 0 saturated heterocycles. The summed E-state index contributed by atoms with van der Waals surface area (Å²) in [6.07, 6.45) is 22.7. The maximum absolute atomic E-state index is 13.9. The largest absolute Gasteiger partial charge is 0.457 e. The van der Waals surface area contributed by atoms with Gasteiger partial charge in [0.1, 0.15) is 58.2 Å². The molecule has 3 saturated carbocycles. The number of pyridine rings is 1. The highest BCUT2D eigenvalue weighted by Gasteiger charge is 2.50. The van der Waals surface area contributed by atoms with Gasteiger partial charge in [-0.25, -0.2) is 80.9 Å². The predicted molar refractivity (Wildman–Crippen MR) is 443 cm³/mol. The van der Waals surface area contributed by atoms with E-state index in [0.717, 1.165) is 17.4 Å². The van der Waals surface area contributed by atoms with Crippen LogP contribution >= 0.6 is 0 Å². The zero-order valence-corrected chi connectivity index (χ0v) is 63.8. The summed E-state index contributed by atoms with van der Waals surface area (Å²) >= 11 is 0. The first kappa shape index (κ1) is 75.1. The van der Waals surface area contributed by atoms with Crippen molar-refractivity contribution in [3.63, 3.8) is 0 Å². The van der Waals surface area contributed by atoms with E-state index >= 15 is 0 Å². The fraction of sp³-hybridized carbons (Fsp3) is 0.167. The average Bonchev–Trinajstić information content (AvgIpc) is 1.60. The fourth-order valence-electron chi connectivity index (χ4n) is 13.5. The molecular weight excluding hydrogens is 1490 g/mol. The summed E-state index contributed by atoms with van der Waals surface area (Å²) in [5.74, 6) is 5.12. The van der Waals surface area contributed by atoms with Gasteiger partial charge in [-0.05, 0) is 173 Å². The molecule has 0 bridgehead atoms. The van der Waals surface area contributed by atoms with Crippen LogP contribution < -0.4 is 57.8 Å². The Morgan fingerprint density at radius 3 is 1.48 bits per heavy atom. The van der Waals surface area contributed by atoms with Crippen LogP contribution in [0, 0.1) is 17.8 Å². The number of hydrogen-bond donors (Lipinski definition) is 3. The number of benzene rings is 7. The van der Waals surface area contributed by atoms with E-state index in [1.54, 1.807) is 134 Å². The van der Waals surface area contributed by atoms with E-state index in [1.165, 1.54) is 87.9 Å². The Balaban J connectivity index is 0.000000131. The minimum atomic E-state index is -3.48. The first-order chi connectivity index (χ1) is 56.2. The number of nitrogen functional groups attached to an aromatic ring is 3. The first-order valence-corrected chi connectivity index (χ1v) is 38.3. The molecule has 31 nitrogen and oxygen atoms in total. The quantitative estimate of drug-likeness (QED) is 0.0471. The number of fused-ring (bicyclic) bond motifs is 4. The molecule has 0 spiro atoms. The molecule has 116 heavy (non-hydrogen) atoms. The van der Waals surface area contributed by atoms with Crippen LogP contribution in [-0.4, -0.2) is 143 Å². The second kappa shape index (κ2) is 31.0. The van der Waals surface area contributed by atoms with Crippen molar-refractivity contribution in [1.29, 1.82) is 0 Å². The molecule has 0 radical (unpaired) electrons. The SMILES string of the molecule is C#CC1(C(=O)N(C)c2cccc(-n3c(=O)n(-c4ccc(Oc5ccccc5)cc4)c4c(N)ncnc43)c2)CC1.CN(C(=O)/C=C/CN(C)C1CC1)c1cccc(-n2c(=O)n(-c3ccc4ncccc4c3)c3c(N)ncnc32)c1.CN(c1cccc(-n2c(=O)n(-c3ncc(Oc4ccccc4)cn3)c3c(N)ncnc32)c1)S(=O)(=O)C1CC1. The fourth-order valence-corrected chi connectivity index (χ4v) is 15.1. The van der Waals surface area contributed by atoms with Gasteiger partial charge in [-0.15, -0.1) is 6.42 Å². The number of sulfonamides is 1. The monoisotopic (exact) mass is 1570 g/mol. The Hall–Kier alpha value is -15.0. The minimum absolute atomic E-state index is 0.0465. The third-order valence-corrected chi connectivity index (χ3v) is 22.6. The molecule has 8 aromatic heterocycles. The van der Waals surface area contributed by atoms with Crippen molar-refractivity contribution in [1.82, 2.24) is 77.2 Å². The van der Waals surface area contributed by atoms with Gasteiger partial charge in [0, 0.05) is 62.8 Å². The van der Waals surface area contributed by atoms with Gasteiger partial charge >= 0.3 is 17.1 Å². The molecule has 0 unspecified atom stereocenters. The molecule has 7 aromatic carbocycles. The molecule has 580 valence electrons. The first-order valence-electron chi connectivity index (χ1n) is 36.8. The highest BCUT2D eigenvalue weighted by atomic mass is 32.2. The van der Waals surface area contributed by atoms with Gasteiger partial charge in [-0.3, -0.25) is 32.9 Å². The van der Waals surface area contributed by atoms with Gasteiger partial charge < -0.3 is 36.5 Å². The highest BCUT2D eigenvalue weighted by Crippen LogP contribution is 2.47. The molecule has 15 aromatic rings. The lowest BCUT2D eigenvalue weighted by Crippen LogP contribution is -2.33. The number of ether oxygens (including phenoxy) is 2. The van der Waals surface area contributed by atoms with Gasteiger partial charge in [-0.2, -0.15) is 0 Å². The molecule has 18 rings (SSSR count). The van der Waals surface area contributed by atoms with Crippen molar-refractivity contribution < 1.29 is 27.5 Å². The Kier molecular flexibility index (Phi) is 20.0. The summed E-state index contributed by atoms with van der Waals surface area (Å²) in [6, 6.07) is 56.6. The van der Waals surface area contributed by atoms with Crippen LogP contribution in [0.15, 0.2) is 252 Å². The zero-order valence-electron chi connectivity index (χ0n) is 63.0. The summed E-state index contributed by atoms with van der Waals surface area (Å²) in [4.78, 5) is 111. The zero-order chi connectivity index (χ0) is 80.7. The van der Waals surface area contributed by atoms with E-state index in [4.69, 9.17) is 33.1 Å². The number of amides is 2. The second-order valence-corrected chi connectivity index (χ2v) is 30.2. The lowest BCUT2D eigenvalue weighted by atomic mass is 10.1. The van der Waals surface area contributed by atoms with E-state index in [2.05, 4.69) is 62.7 Å². The van der Waals surface area contributed by atoms with E-state index in [-0.39, 0.29) is 63.0 Å². The number of anilines is 6. The van der Waals surface area contributed by atoms with Crippen molar-refractivity contribution >= 4 is 101 Å². The van der Waals surface area contributed by atoms with Crippen LogP contribution in [0.3, 0.4) is 0 Å². The van der Waals surface area contributed by atoms with Crippen LogP contribution in [-0.2, 0) is 19.6 Å². The Morgan fingerprint density at radius 1 is 0.500 bits per heavy atom. The van der Waals surface area contributed by atoms with Crippen molar-refractivity contribution in [3.8, 4) is 69.7 Å². The number of carbonyl (C=O) groups is 2. The molecule has 3 aliphatic rings. The highest BCUT2D eigenvalue weighted by molar-refractivity contribution is 7.93. The van der Waals surface area contributed by atoms with Gasteiger partial charge in [0.25, 0.3) is 0 Å². The molecule has 3 aliphatic carbocycles. The Bertz CT molecular complexity index is 6710. The number of imidazole rings is 3. The normalized spacial score (nSPS) is 13.6. The maximum atomic E-state index is 13.9. The molecule has 6 N–H and O–H groups in total. The third kappa shape index (κ3) is 14.6. The Morgan fingerprint density at radius 2 is 0.966 bits per heavy atom. The lowest BCUT2D eigenvalue weighted by molar-refractivity contribution is -0.121. The molecule has 0 aliphatic heterocycles. The smallest absolute Gasteiger partial charge is 0.342 e. The topological polar surface area (TPSA) is 375 Å². The number of terminal acetylenes is 1. The van der Waals surface area contributed by atoms with Crippen LogP contribution in [0.1, 0.15) is 38.5 Å². The van der Waals surface area contributed by atoms with Crippen molar-refractivity contribution in [2.24, 2.45) is 5.41 Å². The second-order valence-electron chi connectivity index (χ2n) is 27.9. The van der Waals surface area contributed by atoms with Crippen LogP contribution in [0.5, 0.6) is 23.0 Å². The molecule has 2 amide bonds. The molecule has 3 fully saturated rings. The summed E-state index contributed by atoms with van der Waals surface area (Å²) in [7, 11) is 3.49. The van der Waals surface area contributed by atoms with Crippen LogP contribution in [0.4, 0.5) is 34.5 Å². The standard InChI is InChI=1S/C30H24N6O3.C29H28N8O2.C25H22N8O4S/c1-3-30(16-17-30)28(37)34(2)21-8-7-9-22(18-21)36-27-25(26(31)32-19-33-27)35(29(36)38)20-12-14-24(15-13-20)39-23-10-5-4-6-11-23;1-34(20-10-11-20)15-5-9-25(38)35(2)21-7-3-8-22(17-21)37-28-26(27(30)32-18-33-28)36(29(37)39)23-12-13-24-19(16-23)6-4-14-31-24;1-31(38(35,36)20-10-11-20)16-6-5-7-17(12-16)32-23-21(22(26)29-15-30-23)33(25(32)34)24-27-13-19(14-28-24)37-18-8-3-2-4-9-18/h1,4-15,18-19H,16-17H2,2H3,(H2,31,32,33);3-9,12-14,16-18,20H,10-11,15H2,1-2H3,(H2,30,32,33);2-9,12-15,20H,10-11H2,1H3,(H2,26,29,30)/b;9-5+;. The summed E-state index contributed by atoms with van der Waals surface area (Å²) in [5.41, 5.74) is 23.8. The predicted octanol–water partition coefficient (Wildman–Crippen LogP) is 10.3. The Labute approximate surface area is 662 Å². The van der Waals surface area contributed by atoms with E-state index < -0.39 is 21.1 Å². The number of aromatic nitrogens is 15. The lowest BCUT2D eigenvalue weighted by Gasteiger charge is -2.21. The summed E-state index contributed by atoms with van der Waals surface area (Å²) < 4.78 is 46.9. The van der Waals surface area contributed by atoms with Crippen LogP contribution in [0.25, 0.3) is 78.8 Å². The number of nitrogens with two attached hydrogens (primary N) is 3. The van der Waals surface area contributed by atoms with Gasteiger partial charge in [0.05, 0.1) is 57.3 Å². The van der Waals surface area contributed by atoms with E-state index in [9.17, 15) is 32.4 Å². The molecule has 0 atom stereocenters. The average molecular weight is 1570 g/mol. The number of likely N-dealkylation sites (N-methyl/N-ethyl adjacent to an activating group) is 2. The van der Waals surface area contributed by atoms with Crippen molar-refractivity contribution in [2.75, 3.05) is 66.0 Å². The van der Waals surface area contributed by atoms with Gasteiger partial charge in [0.15, 0.2) is 40.1 Å². The van der Waals surface area contributed by atoms with E-state index in [0.29, 0.717) is 123 Å². The van der Waals surface area contributed by atoms with Crippen LogP contribution in [0.2, 0.25) is 0 Å².